The van der Waals surface area contributed by atoms with Crippen molar-refractivity contribution < 1.29 is 39.3 Å². The summed E-state index contributed by atoms with van der Waals surface area (Å²) in [5, 5.41) is 0. The van der Waals surface area contributed by atoms with Gasteiger partial charge in [0.15, 0.2) is 0 Å². The van der Waals surface area contributed by atoms with Crippen molar-refractivity contribution in [2.24, 2.45) is 0 Å². The zero-order valence-electron chi connectivity index (χ0n) is 9.93. The molecule has 2 aliphatic carbocycles. The normalized spacial score (nSPS) is 19.8. The molecule has 0 atom stereocenters. The van der Waals surface area contributed by atoms with E-state index in [1.54, 1.807) is 6.08 Å². The fraction of sp³-hybridized carbons (Fsp3) is 0.273. The van der Waals surface area contributed by atoms with Crippen molar-refractivity contribution in [3.05, 3.63) is 42.5 Å². The molecule has 0 saturated heterocycles. The van der Waals surface area contributed by atoms with Gasteiger partial charge in [-0.1, -0.05) is 0 Å². The smallest absolute Gasteiger partial charge is 1.00 e. The van der Waals surface area contributed by atoms with Crippen molar-refractivity contribution >= 4 is 0 Å². The summed E-state index contributed by atoms with van der Waals surface area (Å²) in [5.74, 6) is 0. The van der Waals surface area contributed by atoms with Gasteiger partial charge in [-0.2, -0.15) is 0 Å². The molecule has 15 heavy (non-hydrogen) atoms. The predicted molar refractivity (Wildman–Crippen MR) is 50.9 cm³/mol. The van der Waals surface area contributed by atoms with E-state index < -0.39 is 29.4 Å². The Balaban J connectivity index is 0.00000128. The molecule has 0 aromatic carbocycles. The Morgan fingerprint density at radius 3 is 2.60 bits per heavy atom. The molecule has 4 heteroatoms. The van der Waals surface area contributed by atoms with Gasteiger partial charge in [-0.15, -0.1) is 0 Å². The Labute approximate surface area is 101 Å². The molecular weight excluding hydrogens is 280 g/mol. The van der Waals surface area contributed by atoms with E-state index >= 15 is 0 Å². The topological polar surface area (TPSA) is 0 Å². The van der Waals surface area contributed by atoms with Gasteiger partial charge in [0.2, 0.25) is 0 Å². The number of halogens is 3. The van der Waals surface area contributed by atoms with Crippen LogP contribution in [0.25, 0.3) is 0 Å². The molecule has 0 aromatic rings. The van der Waals surface area contributed by atoms with Crippen molar-refractivity contribution in [2.75, 3.05) is 0 Å². The molecule has 0 radical (unpaired) electrons. The molecule has 0 heterocycles. The molecule has 2 aliphatic rings. The third-order valence-corrected chi connectivity index (χ3v) is 5.93. The molecule has 0 fully saturated rings. The van der Waals surface area contributed by atoms with Gasteiger partial charge in [0.25, 0.3) is 0 Å². The maximum atomic E-state index is 12.6. The Morgan fingerprint density at radius 2 is 2.00 bits per heavy atom. The van der Waals surface area contributed by atoms with Crippen molar-refractivity contribution in [3.8, 4) is 0 Å². The fourth-order valence-electron chi connectivity index (χ4n) is 1.62. The first-order valence-electron chi connectivity index (χ1n) is 4.67. The average molecular weight is 291 g/mol. The van der Waals surface area contributed by atoms with Crippen molar-refractivity contribution in [1.82, 2.24) is 0 Å². The monoisotopic (exact) mass is 290 g/mol. The second kappa shape index (κ2) is 4.25. The Bertz CT molecular complexity index is 392. The standard InChI is InChI=1S/C6H4F3.C5H5.Zr.2H/c7-6(8,9)5-3-1-2-4-5;1-2-4-5-3-1;;;/h1,3H,2H2;1-3H,4H2;;;/q;;+2;2*-1. The van der Waals surface area contributed by atoms with E-state index in [1.807, 2.05) is 18.2 Å². The fourth-order valence-corrected chi connectivity index (χ4v) is 4.98. The molecule has 0 amide bonds. The maximum Gasteiger partial charge on any atom is -1.00 e. The van der Waals surface area contributed by atoms with Crippen molar-refractivity contribution in [3.63, 3.8) is 0 Å². The number of hydrogen-bond acceptors (Lipinski definition) is 0. The molecule has 0 saturated carbocycles. The van der Waals surface area contributed by atoms with Crippen LogP contribution < -0.4 is 0 Å². The molecule has 0 bridgehead atoms. The van der Waals surface area contributed by atoms with Crippen molar-refractivity contribution in [2.45, 2.75) is 19.0 Å². The summed E-state index contributed by atoms with van der Waals surface area (Å²) >= 11 is -1.16. The van der Waals surface area contributed by atoms with Gasteiger partial charge in [0.1, 0.15) is 0 Å². The second-order valence-electron chi connectivity index (χ2n) is 3.45. The van der Waals surface area contributed by atoms with Crippen LogP contribution in [0.3, 0.4) is 0 Å². The molecule has 0 nitrogen and oxygen atoms in total. The summed E-state index contributed by atoms with van der Waals surface area (Å²) in [6.07, 6.45) is 6.00. The quantitative estimate of drug-likeness (QED) is 0.723. The van der Waals surface area contributed by atoms with Gasteiger partial charge in [-0.05, 0) is 0 Å². The van der Waals surface area contributed by atoms with E-state index in [2.05, 4.69) is 0 Å². The molecule has 0 aliphatic heterocycles. The average Bonchev–Trinajstić information content (AvgIpc) is 2.73. The number of rotatable bonds is 2. The molecule has 2 rings (SSSR count). The van der Waals surface area contributed by atoms with E-state index in [9.17, 15) is 13.2 Å². The SMILES string of the molecule is FC(F)(F)C1=[C]([Zr+2][C]2=CC=CC2)CC=C1.[H-].[H-]. The maximum absolute atomic E-state index is 12.6. The summed E-state index contributed by atoms with van der Waals surface area (Å²) < 4.78 is 39.6. The van der Waals surface area contributed by atoms with Gasteiger partial charge in [-0.3, -0.25) is 0 Å². The van der Waals surface area contributed by atoms with E-state index in [1.165, 1.54) is 9.36 Å². The molecule has 0 aromatic heterocycles. The van der Waals surface area contributed by atoms with E-state index in [0.29, 0.717) is 9.70 Å². The van der Waals surface area contributed by atoms with Gasteiger partial charge in [-0.25, -0.2) is 0 Å². The van der Waals surface area contributed by atoms with Crippen LogP contribution in [0.2, 0.25) is 0 Å². The zero-order chi connectivity index (χ0) is 10.9. The van der Waals surface area contributed by atoms with Gasteiger partial charge in [0.05, 0.1) is 0 Å². The predicted octanol–water partition coefficient (Wildman–Crippen LogP) is 3.91. The summed E-state index contributed by atoms with van der Waals surface area (Å²) in [6, 6.07) is 0. The number of allylic oxidation sites excluding steroid dienone is 8. The van der Waals surface area contributed by atoms with Gasteiger partial charge >= 0.3 is 97.9 Å². The third kappa shape index (κ3) is 2.60. The summed E-state index contributed by atoms with van der Waals surface area (Å²) in [5.41, 5.74) is -0.373. The molecule has 0 N–H and O–H groups in total. The Morgan fingerprint density at radius 1 is 1.20 bits per heavy atom. The van der Waals surface area contributed by atoms with Crippen LogP contribution in [0.1, 0.15) is 15.7 Å². The second-order valence-corrected chi connectivity index (χ2v) is 7.12. The molecule has 80 valence electrons. The van der Waals surface area contributed by atoms with Gasteiger partial charge < -0.3 is 2.85 Å². The first kappa shape index (κ1) is 11.1. The largest absolute Gasteiger partial charge is 1.00 e. The third-order valence-electron chi connectivity index (χ3n) is 2.32. The Kier molecular flexibility index (Phi) is 3.15. The first-order chi connectivity index (χ1) is 7.07. The number of hydrogen-bond donors (Lipinski definition) is 0. The van der Waals surface area contributed by atoms with Crippen LogP contribution in [-0.2, 0) is 23.2 Å². The van der Waals surface area contributed by atoms with Crippen LogP contribution in [-0.4, -0.2) is 6.18 Å². The van der Waals surface area contributed by atoms with E-state index in [4.69, 9.17) is 0 Å². The van der Waals surface area contributed by atoms with Crippen LogP contribution in [0.4, 0.5) is 13.2 Å². The minimum Gasteiger partial charge on any atom is -1.00 e. The zero-order valence-corrected chi connectivity index (χ0v) is 10.4. The van der Waals surface area contributed by atoms with Crippen LogP contribution >= 0.6 is 0 Å². The van der Waals surface area contributed by atoms with Crippen LogP contribution in [0, 0.1) is 0 Å². The van der Waals surface area contributed by atoms with Crippen molar-refractivity contribution in [1.29, 1.82) is 0 Å². The number of alkyl halides is 3. The minimum atomic E-state index is -4.16. The molecule has 0 unspecified atom stereocenters. The molecular formula is C11H11F3Zr. The molecule has 0 spiro atoms. The van der Waals surface area contributed by atoms with Gasteiger partial charge in [0, 0.05) is 0 Å². The first-order valence-corrected chi connectivity index (χ1v) is 7.13. The summed E-state index contributed by atoms with van der Waals surface area (Å²) in [6.45, 7) is 0. The van der Waals surface area contributed by atoms with E-state index in [0.717, 1.165) is 6.42 Å². The minimum absolute atomic E-state index is 0. The summed E-state index contributed by atoms with van der Waals surface area (Å²) in [4.78, 5) is 0. The summed E-state index contributed by atoms with van der Waals surface area (Å²) in [7, 11) is 0. The van der Waals surface area contributed by atoms with Crippen LogP contribution in [0.5, 0.6) is 0 Å². The Hall–Kier alpha value is -0.367. The van der Waals surface area contributed by atoms with Crippen LogP contribution in [0.15, 0.2) is 42.5 Å². The van der Waals surface area contributed by atoms with E-state index in [-0.39, 0.29) is 8.43 Å².